The van der Waals surface area contributed by atoms with Gasteiger partial charge in [-0.3, -0.25) is 14.6 Å². The van der Waals surface area contributed by atoms with Crippen molar-refractivity contribution >= 4 is 11.6 Å². The number of aryl methyl sites for hydroxylation is 1. The predicted octanol–water partition coefficient (Wildman–Crippen LogP) is 2.92. The van der Waals surface area contributed by atoms with Gasteiger partial charge in [0.15, 0.2) is 5.69 Å². The van der Waals surface area contributed by atoms with E-state index in [1.807, 2.05) is 23.1 Å². The van der Waals surface area contributed by atoms with Gasteiger partial charge < -0.3 is 19.3 Å². The Hall–Kier alpha value is -3.20. The molecule has 1 unspecified atom stereocenters. The Morgan fingerprint density at radius 2 is 1.61 bits per heavy atom. The van der Waals surface area contributed by atoms with Gasteiger partial charge in [-0.05, 0) is 30.0 Å². The molecule has 202 valence electrons. The van der Waals surface area contributed by atoms with Crippen molar-refractivity contribution in [2.24, 2.45) is 0 Å². The minimum Gasteiger partial charge on any atom is -0.447 e. The smallest absolute Gasteiger partial charge is 0.275 e. The third-order valence-electron chi connectivity index (χ3n) is 7.66. The first-order chi connectivity index (χ1) is 18.6. The van der Waals surface area contributed by atoms with Gasteiger partial charge in [-0.2, -0.15) is 0 Å². The number of aliphatic hydroxyl groups excluding tert-OH is 1. The van der Waals surface area contributed by atoms with E-state index in [1.165, 1.54) is 17.5 Å². The molecule has 2 saturated heterocycles. The lowest BCUT2D eigenvalue weighted by atomic mass is 10.1. The number of para-hydroxylation sites is 1. The number of carbonyl (C=O) groups is 1. The number of aliphatic hydroxyl groups is 1. The molecular weight excluding hydrogens is 478 g/mol. The summed E-state index contributed by atoms with van der Waals surface area (Å²) in [6, 6.07) is 18.7. The molecule has 5 rings (SSSR count). The van der Waals surface area contributed by atoms with Gasteiger partial charge in [-0.15, -0.1) is 0 Å². The van der Waals surface area contributed by atoms with Crippen molar-refractivity contribution in [1.29, 1.82) is 0 Å². The Kier molecular flexibility index (Phi) is 8.73. The van der Waals surface area contributed by atoms with Crippen LogP contribution in [0.5, 0.6) is 0 Å². The molecular formula is C30H39N5O3. The number of benzene rings is 2. The number of nitrogens with zero attached hydrogens (tertiary/aromatic N) is 5. The zero-order valence-corrected chi connectivity index (χ0v) is 22.3. The maximum absolute atomic E-state index is 13.1. The molecule has 1 amide bonds. The quantitative estimate of drug-likeness (QED) is 0.468. The number of hydrogen-bond donors (Lipinski definition) is 1. The van der Waals surface area contributed by atoms with Crippen molar-refractivity contribution in [3.8, 4) is 0 Å². The standard InChI is InChI=1S/C30H39N5O3/c1-2-25-10-6-7-11-28(25)34-16-18-35(19-17-34)30(37)27-23-38-29(31-27)22-33-14-12-32(13-15-33)21-26(36)20-24-8-4-3-5-9-24/h3-11,23,26,36H,2,12-22H2,1H3. The Morgan fingerprint density at radius 1 is 0.921 bits per heavy atom. The number of rotatable bonds is 9. The van der Waals surface area contributed by atoms with Crippen LogP contribution in [0.25, 0.3) is 0 Å². The molecule has 2 fully saturated rings. The molecule has 38 heavy (non-hydrogen) atoms. The first kappa shape index (κ1) is 26.4. The molecule has 8 heteroatoms. The van der Waals surface area contributed by atoms with Crippen molar-refractivity contribution in [2.75, 3.05) is 63.8 Å². The van der Waals surface area contributed by atoms with E-state index in [0.717, 1.165) is 51.3 Å². The third-order valence-corrected chi connectivity index (χ3v) is 7.66. The summed E-state index contributed by atoms with van der Waals surface area (Å²) in [5.41, 5.74) is 4.18. The molecule has 0 radical (unpaired) electrons. The van der Waals surface area contributed by atoms with Gasteiger partial charge in [0.05, 0.1) is 12.6 Å². The van der Waals surface area contributed by atoms with Gasteiger partial charge in [-0.1, -0.05) is 55.5 Å². The minimum atomic E-state index is -0.368. The summed E-state index contributed by atoms with van der Waals surface area (Å²) in [5.74, 6) is 0.530. The molecule has 2 aliphatic rings. The topological polar surface area (TPSA) is 76.3 Å². The fourth-order valence-corrected chi connectivity index (χ4v) is 5.48. The molecule has 3 aromatic rings. The van der Waals surface area contributed by atoms with Crippen LogP contribution in [0.1, 0.15) is 34.4 Å². The molecule has 2 aromatic carbocycles. The summed E-state index contributed by atoms with van der Waals surface area (Å²) < 4.78 is 5.69. The van der Waals surface area contributed by atoms with Crippen molar-refractivity contribution < 1.29 is 14.3 Å². The minimum absolute atomic E-state index is 0.0550. The third kappa shape index (κ3) is 6.62. The normalized spacial score (nSPS) is 18.1. The van der Waals surface area contributed by atoms with E-state index in [9.17, 15) is 9.90 Å². The zero-order chi connectivity index (χ0) is 26.3. The highest BCUT2D eigenvalue weighted by atomic mass is 16.3. The van der Waals surface area contributed by atoms with Gasteiger partial charge in [0.2, 0.25) is 5.89 Å². The number of piperazine rings is 2. The molecule has 1 aromatic heterocycles. The first-order valence-corrected chi connectivity index (χ1v) is 13.8. The summed E-state index contributed by atoms with van der Waals surface area (Å²) in [7, 11) is 0. The second-order valence-electron chi connectivity index (χ2n) is 10.3. The van der Waals surface area contributed by atoms with Crippen LogP contribution in [0.3, 0.4) is 0 Å². The number of β-amino-alcohol motifs (C(OH)–C–C–N with tert-alkyl or cyclic N) is 1. The summed E-state index contributed by atoms with van der Waals surface area (Å²) in [6.45, 7) is 9.98. The maximum atomic E-state index is 13.1. The summed E-state index contributed by atoms with van der Waals surface area (Å²) in [5, 5.41) is 10.5. The van der Waals surface area contributed by atoms with Gasteiger partial charge in [-0.25, -0.2) is 4.98 Å². The largest absolute Gasteiger partial charge is 0.447 e. The van der Waals surface area contributed by atoms with Gasteiger partial charge in [0.25, 0.3) is 5.91 Å². The maximum Gasteiger partial charge on any atom is 0.275 e. The Balaban J connectivity index is 1.06. The van der Waals surface area contributed by atoms with Crippen LogP contribution in [0, 0.1) is 0 Å². The number of aromatic nitrogens is 1. The van der Waals surface area contributed by atoms with E-state index < -0.39 is 0 Å². The van der Waals surface area contributed by atoms with Crippen LogP contribution >= 0.6 is 0 Å². The summed E-state index contributed by atoms with van der Waals surface area (Å²) in [4.78, 5) is 26.5. The van der Waals surface area contributed by atoms with E-state index >= 15 is 0 Å². The highest BCUT2D eigenvalue weighted by Gasteiger charge is 2.26. The monoisotopic (exact) mass is 517 g/mol. The molecule has 0 aliphatic carbocycles. The molecule has 1 N–H and O–H groups in total. The second-order valence-corrected chi connectivity index (χ2v) is 10.3. The number of oxazole rings is 1. The Bertz CT molecular complexity index is 1170. The lowest BCUT2D eigenvalue weighted by Crippen LogP contribution is -2.49. The molecule has 1 atom stereocenters. The number of anilines is 1. The first-order valence-electron chi connectivity index (χ1n) is 13.8. The lowest BCUT2D eigenvalue weighted by Gasteiger charge is -2.36. The average molecular weight is 518 g/mol. The molecule has 0 bridgehead atoms. The fourth-order valence-electron chi connectivity index (χ4n) is 5.48. The fraction of sp³-hybridized carbons (Fsp3) is 0.467. The van der Waals surface area contributed by atoms with Crippen LogP contribution in [-0.4, -0.2) is 95.7 Å². The van der Waals surface area contributed by atoms with Crippen LogP contribution in [0.15, 0.2) is 65.3 Å². The van der Waals surface area contributed by atoms with Crippen LogP contribution in [0.4, 0.5) is 5.69 Å². The highest BCUT2D eigenvalue weighted by Crippen LogP contribution is 2.23. The predicted molar refractivity (Wildman–Crippen MR) is 148 cm³/mol. The molecule has 8 nitrogen and oxygen atoms in total. The number of carbonyl (C=O) groups excluding carboxylic acids is 1. The van der Waals surface area contributed by atoms with Crippen LogP contribution in [0.2, 0.25) is 0 Å². The lowest BCUT2D eigenvalue weighted by molar-refractivity contribution is 0.0675. The number of amides is 1. The van der Waals surface area contributed by atoms with Crippen LogP contribution in [-0.2, 0) is 19.4 Å². The van der Waals surface area contributed by atoms with Gasteiger partial charge in [0, 0.05) is 64.6 Å². The average Bonchev–Trinajstić information content (AvgIpc) is 3.43. The highest BCUT2D eigenvalue weighted by molar-refractivity contribution is 5.92. The Labute approximate surface area is 225 Å². The summed E-state index contributed by atoms with van der Waals surface area (Å²) >= 11 is 0. The van der Waals surface area contributed by atoms with Crippen molar-refractivity contribution in [3.63, 3.8) is 0 Å². The zero-order valence-electron chi connectivity index (χ0n) is 22.3. The molecule has 3 heterocycles. The van der Waals surface area contributed by atoms with Crippen molar-refractivity contribution in [2.45, 2.75) is 32.4 Å². The van der Waals surface area contributed by atoms with E-state index in [1.54, 1.807) is 0 Å². The van der Waals surface area contributed by atoms with Gasteiger partial charge in [0.1, 0.15) is 6.26 Å². The van der Waals surface area contributed by atoms with E-state index in [2.05, 4.69) is 63.0 Å². The van der Waals surface area contributed by atoms with Crippen molar-refractivity contribution in [3.05, 3.63) is 83.6 Å². The SMILES string of the molecule is CCc1ccccc1N1CCN(C(=O)c2coc(CN3CCN(CC(O)Cc4ccccc4)CC3)n2)CC1. The number of hydrogen-bond acceptors (Lipinski definition) is 7. The Morgan fingerprint density at radius 3 is 2.34 bits per heavy atom. The van der Waals surface area contributed by atoms with E-state index in [4.69, 9.17) is 4.42 Å². The molecule has 2 aliphatic heterocycles. The van der Waals surface area contributed by atoms with Gasteiger partial charge >= 0.3 is 0 Å². The van der Waals surface area contributed by atoms with Crippen LogP contribution < -0.4 is 4.90 Å². The molecule has 0 spiro atoms. The second kappa shape index (κ2) is 12.6. The molecule has 0 saturated carbocycles. The summed E-state index contributed by atoms with van der Waals surface area (Å²) in [6.07, 6.45) is 2.82. The van der Waals surface area contributed by atoms with E-state index in [0.29, 0.717) is 44.2 Å². The van der Waals surface area contributed by atoms with Crippen molar-refractivity contribution in [1.82, 2.24) is 19.7 Å². The van der Waals surface area contributed by atoms with E-state index in [-0.39, 0.29) is 12.0 Å².